The van der Waals surface area contributed by atoms with Crippen LogP contribution in [0.2, 0.25) is 0 Å². The molecular formula is C20H32F2N2O2. The number of halogens is 2. The van der Waals surface area contributed by atoms with Crippen LogP contribution in [-0.4, -0.2) is 42.6 Å². The summed E-state index contributed by atoms with van der Waals surface area (Å²) in [6.45, 7) is 9.50. The Balaban J connectivity index is 2.63. The third kappa shape index (κ3) is 6.90. The van der Waals surface area contributed by atoms with E-state index in [0.29, 0.717) is 12.4 Å². The van der Waals surface area contributed by atoms with Gasteiger partial charge in [0.25, 0.3) is 5.92 Å². The summed E-state index contributed by atoms with van der Waals surface area (Å²) in [5.74, 6) is -2.81. The van der Waals surface area contributed by atoms with E-state index in [0.717, 1.165) is 12.8 Å². The zero-order valence-electron chi connectivity index (χ0n) is 16.5. The molecule has 1 amide bonds. The Labute approximate surface area is 155 Å². The van der Waals surface area contributed by atoms with Gasteiger partial charge in [0.05, 0.1) is 19.7 Å². The van der Waals surface area contributed by atoms with Crippen molar-refractivity contribution in [2.24, 2.45) is 0 Å². The Kier molecular flexibility index (Phi) is 8.99. The number of amides is 1. The van der Waals surface area contributed by atoms with Crippen LogP contribution in [0.15, 0.2) is 24.3 Å². The van der Waals surface area contributed by atoms with Crippen LogP contribution in [0.25, 0.3) is 0 Å². The summed E-state index contributed by atoms with van der Waals surface area (Å²) >= 11 is 0. The largest absolute Gasteiger partial charge is 0.494 e. The fraction of sp³-hybridized carbons (Fsp3) is 0.650. The standard InChI is InChI=1S/C20H32F2N2O2/c1-6-7-11-26-18-10-8-9-17(12-18)20(21,22)14-23-13-19(25)24(15(2)3)16(4)5/h8-10,12,15-16,23H,6-7,11,13-14H2,1-5H3. The number of nitrogens with one attached hydrogen (secondary N) is 1. The smallest absolute Gasteiger partial charge is 0.285 e. The average molecular weight is 370 g/mol. The Morgan fingerprint density at radius 2 is 1.88 bits per heavy atom. The lowest BCUT2D eigenvalue weighted by Gasteiger charge is -2.31. The van der Waals surface area contributed by atoms with Crippen LogP contribution in [0.1, 0.15) is 53.0 Å². The van der Waals surface area contributed by atoms with Crippen molar-refractivity contribution >= 4 is 5.91 Å². The molecule has 0 aromatic heterocycles. The van der Waals surface area contributed by atoms with E-state index >= 15 is 0 Å². The second-order valence-corrected chi connectivity index (χ2v) is 7.03. The Morgan fingerprint density at radius 3 is 2.46 bits per heavy atom. The summed E-state index contributed by atoms with van der Waals surface area (Å²) in [7, 11) is 0. The molecule has 0 radical (unpaired) electrons. The summed E-state index contributed by atoms with van der Waals surface area (Å²) in [4.78, 5) is 13.9. The highest BCUT2D eigenvalue weighted by molar-refractivity contribution is 5.78. The molecule has 0 saturated carbocycles. The van der Waals surface area contributed by atoms with Crippen molar-refractivity contribution in [2.45, 2.75) is 65.5 Å². The average Bonchev–Trinajstić information content (AvgIpc) is 2.54. The van der Waals surface area contributed by atoms with E-state index in [1.165, 1.54) is 12.1 Å². The van der Waals surface area contributed by atoms with E-state index in [2.05, 4.69) is 5.32 Å². The normalized spacial score (nSPS) is 11.9. The number of benzene rings is 1. The van der Waals surface area contributed by atoms with E-state index in [-0.39, 0.29) is 30.1 Å². The molecule has 4 nitrogen and oxygen atoms in total. The van der Waals surface area contributed by atoms with Crippen molar-refractivity contribution in [1.29, 1.82) is 0 Å². The van der Waals surface area contributed by atoms with E-state index in [1.54, 1.807) is 17.0 Å². The maximum Gasteiger partial charge on any atom is 0.285 e. The molecule has 6 heteroatoms. The van der Waals surface area contributed by atoms with Crippen molar-refractivity contribution in [1.82, 2.24) is 10.2 Å². The van der Waals surface area contributed by atoms with Crippen molar-refractivity contribution in [2.75, 3.05) is 19.7 Å². The van der Waals surface area contributed by atoms with Gasteiger partial charge in [0, 0.05) is 17.6 Å². The maximum atomic E-state index is 14.5. The number of nitrogens with zero attached hydrogens (tertiary/aromatic N) is 1. The van der Waals surface area contributed by atoms with E-state index in [4.69, 9.17) is 4.74 Å². The van der Waals surface area contributed by atoms with Crippen molar-refractivity contribution < 1.29 is 18.3 Å². The predicted octanol–water partition coefficient (Wildman–Crippen LogP) is 4.19. The first-order valence-electron chi connectivity index (χ1n) is 9.32. The molecule has 1 aromatic carbocycles. The molecule has 0 saturated heterocycles. The quantitative estimate of drug-likeness (QED) is 0.594. The number of ether oxygens (including phenoxy) is 1. The lowest BCUT2D eigenvalue weighted by molar-refractivity contribution is -0.134. The van der Waals surface area contributed by atoms with Crippen LogP contribution in [-0.2, 0) is 10.7 Å². The zero-order chi connectivity index (χ0) is 19.7. The van der Waals surface area contributed by atoms with Crippen molar-refractivity contribution in [3.63, 3.8) is 0 Å². The Bertz CT molecular complexity index is 554. The molecule has 0 aliphatic rings. The summed E-state index contributed by atoms with van der Waals surface area (Å²) in [5, 5.41) is 2.60. The summed E-state index contributed by atoms with van der Waals surface area (Å²) in [6.07, 6.45) is 1.87. The monoisotopic (exact) mass is 370 g/mol. The molecule has 148 valence electrons. The highest BCUT2D eigenvalue weighted by Gasteiger charge is 2.32. The third-order valence-electron chi connectivity index (χ3n) is 4.05. The van der Waals surface area contributed by atoms with Gasteiger partial charge >= 0.3 is 0 Å². The van der Waals surface area contributed by atoms with Crippen LogP contribution in [0, 0.1) is 0 Å². The number of hydrogen-bond acceptors (Lipinski definition) is 3. The minimum Gasteiger partial charge on any atom is -0.494 e. The minimum absolute atomic E-state index is 0.0294. The molecule has 0 heterocycles. The van der Waals surface area contributed by atoms with Gasteiger partial charge < -0.3 is 15.0 Å². The van der Waals surface area contributed by atoms with Gasteiger partial charge in [0.2, 0.25) is 5.91 Å². The number of rotatable bonds is 11. The van der Waals surface area contributed by atoms with Gasteiger partial charge in [0.1, 0.15) is 5.75 Å². The molecule has 0 atom stereocenters. The highest BCUT2D eigenvalue weighted by atomic mass is 19.3. The van der Waals surface area contributed by atoms with Crippen LogP contribution in [0.5, 0.6) is 5.75 Å². The third-order valence-corrected chi connectivity index (χ3v) is 4.05. The molecule has 1 N–H and O–H groups in total. The number of unbranched alkanes of at least 4 members (excludes halogenated alkanes) is 1. The number of alkyl halides is 2. The minimum atomic E-state index is -3.08. The van der Waals surface area contributed by atoms with Crippen molar-refractivity contribution in [3.05, 3.63) is 29.8 Å². The zero-order valence-corrected chi connectivity index (χ0v) is 16.5. The van der Waals surface area contributed by atoms with Crippen LogP contribution < -0.4 is 10.1 Å². The molecule has 0 fully saturated rings. The van der Waals surface area contributed by atoms with E-state index < -0.39 is 12.5 Å². The molecule has 26 heavy (non-hydrogen) atoms. The molecule has 0 unspecified atom stereocenters. The van der Waals surface area contributed by atoms with Crippen LogP contribution >= 0.6 is 0 Å². The molecule has 1 aromatic rings. The van der Waals surface area contributed by atoms with Crippen molar-refractivity contribution in [3.8, 4) is 5.75 Å². The topological polar surface area (TPSA) is 41.6 Å². The number of carbonyl (C=O) groups excluding carboxylic acids is 1. The second kappa shape index (κ2) is 10.5. The van der Waals surface area contributed by atoms with E-state index in [9.17, 15) is 13.6 Å². The molecule has 0 aliphatic heterocycles. The summed E-state index contributed by atoms with van der Waals surface area (Å²) < 4.78 is 34.4. The van der Waals surface area contributed by atoms with Crippen LogP contribution in [0.3, 0.4) is 0 Å². The predicted molar refractivity (Wildman–Crippen MR) is 101 cm³/mol. The van der Waals surface area contributed by atoms with Gasteiger partial charge in [-0.2, -0.15) is 8.78 Å². The number of hydrogen-bond donors (Lipinski definition) is 1. The lowest BCUT2D eigenvalue weighted by atomic mass is 10.1. The summed E-state index contributed by atoms with van der Waals surface area (Å²) in [6, 6.07) is 6.05. The molecule has 1 rings (SSSR count). The van der Waals surface area contributed by atoms with Gasteiger partial charge in [-0.25, -0.2) is 0 Å². The summed E-state index contributed by atoms with van der Waals surface area (Å²) in [5.41, 5.74) is -0.115. The van der Waals surface area contributed by atoms with Gasteiger partial charge in [-0.1, -0.05) is 25.5 Å². The molecular weight excluding hydrogens is 338 g/mol. The SMILES string of the molecule is CCCCOc1cccc(C(F)(F)CNCC(=O)N(C(C)C)C(C)C)c1. The molecule has 0 bridgehead atoms. The Morgan fingerprint density at radius 1 is 1.23 bits per heavy atom. The first-order chi connectivity index (χ1) is 12.2. The Hall–Kier alpha value is -1.69. The van der Waals surface area contributed by atoms with Gasteiger partial charge in [0.15, 0.2) is 0 Å². The first kappa shape index (κ1) is 22.4. The lowest BCUT2D eigenvalue weighted by Crippen LogP contribution is -2.47. The first-order valence-corrected chi connectivity index (χ1v) is 9.32. The van der Waals surface area contributed by atoms with Crippen LogP contribution in [0.4, 0.5) is 8.78 Å². The number of carbonyl (C=O) groups is 1. The fourth-order valence-corrected chi connectivity index (χ4v) is 2.84. The second-order valence-electron chi connectivity index (χ2n) is 7.03. The van der Waals surface area contributed by atoms with E-state index in [1.807, 2.05) is 34.6 Å². The van der Waals surface area contributed by atoms with Gasteiger partial charge in [-0.05, 0) is 46.2 Å². The highest BCUT2D eigenvalue weighted by Crippen LogP contribution is 2.29. The molecule has 0 spiro atoms. The maximum absolute atomic E-state index is 14.5. The molecule has 0 aliphatic carbocycles. The van der Waals surface area contributed by atoms with Gasteiger partial charge in [-0.3, -0.25) is 4.79 Å². The fourth-order valence-electron chi connectivity index (χ4n) is 2.84. The van der Waals surface area contributed by atoms with Gasteiger partial charge in [-0.15, -0.1) is 0 Å².